The summed E-state index contributed by atoms with van der Waals surface area (Å²) >= 11 is 0. The molecule has 1 aromatic carbocycles. The molecular formula is C15H18N2O3. The predicted octanol–water partition coefficient (Wildman–Crippen LogP) is 3.30. The van der Waals surface area contributed by atoms with Gasteiger partial charge in [-0.05, 0) is 31.4 Å². The first-order valence-electron chi connectivity index (χ1n) is 6.65. The Morgan fingerprint density at radius 1 is 1.25 bits per heavy atom. The molecule has 1 N–H and O–H groups in total. The van der Waals surface area contributed by atoms with Crippen molar-refractivity contribution in [1.29, 1.82) is 0 Å². The molecule has 0 radical (unpaired) electrons. The van der Waals surface area contributed by atoms with E-state index in [1.807, 2.05) is 18.2 Å². The second-order valence-corrected chi connectivity index (χ2v) is 4.80. The van der Waals surface area contributed by atoms with E-state index >= 15 is 0 Å². The van der Waals surface area contributed by atoms with Gasteiger partial charge in [0.15, 0.2) is 0 Å². The van der Waals surface area contributed by atoms with Crippen LogP contribution in [0, 0.1) is 10.1 Å². The molecule has 0 saturated heterocycles. The number of hydrogen-bond acceptors (Lipinski definition) is 4. The van der Waals surface area contributed by atoms with Gasteiger partial charge in [0.05, 0.1) is 12.6 Å². The molecule has 1 heterocycles. The Morgan fingerprint density at radius 2 is 2.00 bits per heavy atom. The lowest BCUT2D eigenvalue weighted by atomic mass is 10.1. The second kappa shape index (κ2) is 6.86. The molecular weight excluding hydrogens is 256 g/mol. The molecule has 5 nitrogen and oxygen atoms in total. The molecule has 0 aliphatic rings. The van der Waals surface area contributed by atoms with Gasteiger partial charge in [0.25, 0.3) is 0 Å². The van der Waals surface area contributed by atoms with Crippen molar-refractivity contribution in [2.24, 2.45) is 0 Å². The molecule has 0 bridgehead atoms. The molecule has 106 valence electrons. The van der Waals surface area contributed by atoms with E-state index in [4.69, 9.17) is 4.42 Å². The number of rotatable bonds is 7. The monoisotopic (exact) mass is 274 g/mol. The third-order valence-corrected chi connectivity index (χ3v) is 3.16. The fourth-order valence-corrected chi connectivity index (χ4v) is 1.96. The minimum atomic E-state index is -0.525. The van der Waals surface area contributed by atoms with Crippen LogP contribution < -0.4 is 5.32 Å². The second-order valence-electron chi connectivity index (χ2n) is 4.80. The van der Waals surface area contributed by atoms with Crippen molar-refractivity contribution in [2.45, 2.75) is 32.4 Å². The molecule has 1 unspecified atom stereocenters. The molecule has 0 saturated carbocycles. The molecule has 0 aliphatic heterocycles. The minimum absolute atomic E-state index is 0.210. The van der Waals surface area contributed by atoms with Crippen molar-refractivity contribution in [3.05, 3.63) is 63.9 Å². The van der Waals surface area contributed by atoms with Crippen molar-refractivity contribution < 1.29 is 9.34 Å². The van der Waals surface area contributed by atoms with Gasteiger partial charge in [-0.2, -0.15) is 0 Å². The van der Waals surface area contributed by atoms with Crippen molar-refractivity contribution in [2.75, 3.05) is 0 Å². The van der Waals surface area contributed by atoms with Crippen LogP contribution in [0.5, 0.6) is 0 Å². The van der Waals surface area contributed by atoms with E-state index in [-0.39, 0.29) is 5.88 Å². The predicted molar refractivity (Wildman–Crippen MR) is 76.4 cm³/mol. The van der Waals surface area contributed by atoms with E-state index < -0.39 is 4.92 Å². The largest absolute Gasteiger partial charge is 0.433 e. The maximum Gasteiger partial charge on any atom is 0.433 e. The lowest BCUT2D eigenvalue weighted by molar-refractivity contribution is -0.402. The zero-order chi connectivity index (χ0) is 14.4. The SMILES string of the molecule is CC(CCc1ccccc1)NCc1ccc([N+](=O)[O-])o1. The van der Waals surface area contributed by atoms with Crippen LogP contribution in [0.2, 0.25) is 0 Å². The van der Waals surface area contributed by atoms with Crippen molar-refractivity contribution >= 4 is 5.88 Å². The third-order valence-electron chi connectivity index (χ3n) is 3.16. The summed E-state index contributed by atoms with van der Waals surface area (Å²) in [5.74, 6) is 0.377. The molecule has 1 atom stereocenters. The number of nitrogens with one attached hydrogen (secondary N) is 1. The summed E-state index contributed by atoms with van der Waals surface area (Å²) in [4.78, 5) is 9.98. The number of benzene rings is 1. The van der Waals surface area contributed by atoms with Crippen molar-refractivity contribution in [1.82, 2.24) is 5.32 Å². The quantitative estimate of drug-likeness (QED) is 0.621. The van der Waals surface area contributed by atoms with Gasteiger partial charge in [0, 0.05) is 6.04 Å². The zero-order valence-corrected chi connectivity index (χ0v) is 11.4. The van der Waals surface area contributed by atoms with E-state index in [2.05, 4.69) is 24.4 Å². The number of aryl methyl sites for hydroxylation is 1. The normalized spacial score (nSPS) is 12.2. The summed E-state index contributed by atoms with van der Waals surface area (Å²) in [6, 6.07) is 13.6. The fourth-order valence-electron chi connectivity index (χ4n) is 1.96. The van der Waals surface area contributed by atoms with Gasteiger partial charge in [-0.3, -0.25) is 10.1 Å². The molecule has 0 aliphatic carbocycles. The first kappa shape index (κ1) is 14.3. The summed E-state index contributed by atoms with van der Waals surface area (Å²) in [5, 5.41) is 13.8. The highest BCUT2D eigenvalue weighted by molar-refractivity contribution is 5.17. The Bertz CT molecular complexity index is 551. The van der Waals surface area contributed by atoms with Crippen LogP contribution in [-0.2, 0) is 13.0 Å². The highest BCUT2D eigenvalue weighted by Gasteiger charge is 2.12. The first-order chi connectivity index (χ1) is 9.65. The Balaban J connectivity index is 1.74. The highest BCUT2D eigenvalue weighted by atomic mass is 16.6. The van der Waals surface area contributed by atoms with Gasteiger partial charge in [-0.15, -0.1) is 0 Å². The fraction of sp³-hybridized carbons (Fsp3) is 0.333. The molecule has 1 aromatic heterocycles. The maximum atomic E-state index is 10.5. The Kier molecular flexibility index (Phi) is 4.90. The molecule has 20 heavy (non-hydrogen) atoms. The van der Waals surface area contributed by atoms with Crippen LogP contribution in [0.1, 0.15) is 24.7 Å². The van der Waals surface area contributed by atoms with E-state index in [1.165, 1.54) is 11.6 Å². The lowest BCUT2D eigenvalue weighted by Crippen LogP contribution is -2.25. The van der Waals surface area contributed by atoms with Gasteiger partial charge >= 0.3 is 5.88 Å². The standard InChI is InChI=1S/C15H18N2O3/c1-12(7-8-13-5-3-2-4-6-13)16-11-14-9-10-15(20-14)17(18)19/h2-6,9-10,12,16H,7-8,11H2,1H3. The third kappa shape index (κ3) is 4.20. The molecule has 2 rings (SSSR count). The molecule has 2 aromatic rings. The summed E-state index contributed by atoms with van der Waals surface area (Å²) in [7, 11) is 0. The summed E-state index contributed by atoms with van der Waals surface area (Å²) < 4.78 is 5.10. The zero-order valence-electron chi connectivity index (χ0n) is 11.4. The molecule has 0 spiro atoms. The lowest BCUT2D eigenvalue weighted by Gasteiger charge is -2.12. The average molecular weight is 274 g/mol. The minimum Gasteiger partial charge on any atom is -0.404 e. The molecule has 0 fully saturated rings. The number of hydrogen-bond donors (Lipinski definition) is 1. The van der Waals surface area contributed by atoms with E-state index in [1.54, 1.807) is 6.07 Å². The smallest absolute Gasteiger partial charge is 0.404 e. The number of furan rings is 1. The van der Waals surface area contributed by atoms with Crippen molar-refractivity contribution in [3.8, 4) is 0 Å². The first-order valence-corrected chi connectivity index (χ1v) is 6.65. The van der Waals surface area contributed by atoms with Crippen LogP contribution in [0.25, 0.3) is 0 Å². The maximum absolute atomic E-state index is 10.5. The van der Waals surface area contributed by atoms with E-state index in [0.29, 0.717) is 18.3 Å². The van der Waals surface area contributed by atoms with Crippen molar-refractivity contribution in [3.63, 3.8) is 0 Å². The Labute approximate surface area is 117 Å². The van der Waals surface area contributed by atoms with Crippen LogP contribution in [0.4, 0.5) is 5.88 Å². The van der Waals surface area contributed by atoms with Crippen LogP contribution in [-0.4, -0.2) is 11.0 Å². The van der Waals surface area contributed by atoms with Gasteiger partial charge in [0.1, 0.15) is 10.7 Å². The van der Waals surface area contributed by atoms with Gasteiger partial charge in [-0.1, -0.05) is 30.3 Å². The van der Waals surface area contributed by atoms with Gasteiger partial charge < -0.3 is 9.73 Å². The Hall–Kier alpha value is -2.14. The summed E-state index contributed by atoms with van der Waals surface area (Å²) in [6.45, 7) is 2.60. The van der Waals surface area contributed by atoms with Crippen LogP contribution >= 0.6 is 0 Å². The summed E-state index contributed by atoms with van der Waals surface area (Å²) in [5.41, 5.74) is 1.31. The van der Waals surface area contributed by atoms with E-state index in [0.717, 1.165) is 12.8 Å². The topological polar surface area (TPSA) is 68.3 Å². The average Bonchev–Trinajstić information content (AvgIpc) is 2.93. The highest BCUT2D eigenvalue weighted by Crippen LogP contribution is 2.15. The van der Waals surface area contributed by atoms with Crippen LogP contribution in [0.15, 0.2) is 46.9 Å². The van der Waals surface area contributed by atoms with Gasteiger partial charge in [0.2, 0.25) is 0 Å². The van der Waals surface area contributed by atoms with Crippen LogP contribution in [0.3, 0.4) is 0 Å². The number of nitrogens with zero attached hydrogens (tertiary/aromatic N) is 1. The van der Waals surface area contributed by atoms with Gasteiger partial charge in [-0.25, -0.2) is 0 Å². The van der Waals surface area contributed by atoms with E-state index in [9.17, 15) is 10.1 Å². The Morgan fingerprint density at radius 3 is 2.65 bits per heavy atom. The number of nitro groups is 1. The molecule has 0 amide bonds. The summed E-state index contributed by atoms with van der Waals surface area (Å²) in [6.07, 6.45) is 2.01. The molecule has 5 heteroatoms.